The van der Waals surface area contributed by atoms with E-state index >= 15 is 0 Å². The maximum absolute atomic E-state index is 5.57. The fraction of sp³-hybridized carbons (Fsp3) is 0.643. The maximum Gasteiger partial charge on any atom is 0.0623 e. The van der Waals surface area contributed by atoms with Crippen LogP contribution in [0.25, 0.3) is 0 Å². The maximum atomic E-state index is 5.57. The van der Waals surface area contributed by atoms with Crippen molar-refractivity contribution < 1.29 is 4.74 Å². The summed E-state index contributed by atoms with van der Waals surface area (Å²) in [5, 5.41) is 3.50. The van der Waals surface area contributed by atoms with Crippen LogP contribution in [0.1, 0.15) is 12.5 Å². The first-order valence-electron chi connectivity index (χ1n) is 6.68. The van der Waals surface area contributed by atoms with E-state index in [1.54, 1.807) is 0 Å². The molecule has 4 heteroatoms. The van der Waals surface area contributed by atoms with E-state index in [2.05, 4.69) is 41.3 Å². The standard InChI is InChI=1S/C14H23N3O/c1-3-16-14-11-18-10-13(14)9-17(2)8-12-4-6-15-7-5-12/h4-7,13-14,16H,3,8-11H2,1-2H3. The molecular formula is C14H23N3O. The van der Waals surface area contributed by atoms with Crippen molar-refractivity contribution in [3.8, 4) is 0 Å². The van der Waals surface area contributed by atoms with Gasteiger partial charge in [-0.2, -0.15) is 0 Å². The minimum Gasteiger partial charge on any atom is -0.379 e. The van der Waals surface area contributed by atoms with Crippen molar-refractivity contribution in [2.75, 3.05) is 33.4 Å². The molecule has 0 aromatic carbocycles. The highest BCUT2D eigenvalue weighted by molar-refractivity contribution is 5.09. The topological polar surface area (TPSA) is 37.4 Å². The molecule has 2 heterocycles. The first-order chi connectivity index (χ1) is 8.79. The number of ether oxygens (including phenoxy) is 1. The van der Waals surface area contributed by atoms with Gasteiger partial charge >= 0.3 is 0 Å². The van der Waals surface area contributed by atoms with E-state index in [0.717, 1.165) is 32.8 Å². The van der Waals surface area contributed by atoms with Crippen molar-refractivity contribution in [3.63, 3.8) is 0 Å². The zero-order valence-corrected chi connectivity index (χ0v) is 11.3. The number of rotatable bonds is 6. The van der Waals surface area contributed by atoms with E-state index in [1.807, 2.05) is 12.4 Å². The molecule has 2 atom stereocenters. The number of likely N-dealkylation sites (N-methyl/N-ethyl adjacent to an activating group) is 1. The Labute approximate surface area is 109 Å². The second kappa shape index (κ2) is 6.83. The molecule has 1 fully saturated rings. The SMILES string of the molecule is CCNC1COCC1CN(C)Cc1ccncc1. The second-order valence-corrected chi connectivity index (χ2v) is 5.01. The monoisotopic (exact) mass is 249 g/mol. The number of hydrogen-bond acceptors (Lipinski definition) is 4. The Bertz CT molecular complexity index is 344. The summed E-state index contributed by atoms with van der Waals surface area (Å²) < 4.78 is 5.57. The molecule has 0 spiro atoms. The number of nitrogens with one attached hydrogen (secondary N) is 1. The second-order valence-electron chi connectivity index (χ2n) is 5.01. The van der Waals surface area contributed by atoms with E-state index in [4.69, 9.17) is 4.74 Å². The van der Waals surface area contributed by atoms with Gasteiger partial charge < -0.3 is 15.0 Å². The highest BCUT2D eigenvalue weighted by Gasteiger charge is 2.28. The predicted molar refractivity (Wildman–Crippen MR) is 72.3 cm³/mol. The normalized spacial score (nSPS) is 23.7. The van der Waals surface area contributed by atoms with Crippen molar-refractivity contribution in [1.29, 1.82) is 0 Å². The number of pyridine rings is 1. The van der Waals surface area contributed by atoms with Gasteiger partial charge in [-0.3, -0.25) is 4.98 Å². The molecule has 1 saturated heterocycles. The highest BCUT2D eigenvalue weighted by atomic mass is 16.5. The van der Waals surface area contributed by atoms with Crippen LogP contribution >= 0.6 is 0 Å². The molecule has 0 amide bonds. The van der Waals surface area contributed by atoms with Crippen molar-refractivity contribution in [2.45, 2.75) is 19.5 Å². The van der Waals surface area contributed by atoms with E-state index in [0.29, 0.717) is 12.0 Å². The molecule has 0 aliphatic carbocycles. The third-order valence-corrected chi connectivity index (χ3v) is 3.41. The molecule has 2 rings (SSSR count). The zero-order chi connectivity index (χ0) is 12.8. The van der Waals surface area contributed by atoms with Crippen molar-refractivity contribution in [3.05, 3.63) is 30.1 Å². The summed E-state index contributed by atoms with van der Waals surface area (Å²) >= 11 is 0. The summed E-state index contributed by atoms with van der Waals surface area (Å²) in [6, 6.07) is 4.65. The van der Waals surface area contributed by atoms with E-state index in [-0.39, 0.29) is 0 Å². The van der Waals surface area contributed by atoms with E-state index in [9.17, 15) is 0 Å². The summed E-state index contributed by atoms with van der Waals surface area (Å²) in [6.07, 6.45) is 3.70. The average molecular weight is 249 g/mol. The molecule has 1 N–H and O–H groups in total. The summed E-state index contributed by atoms with van der Waals surface area (Å²) in [5.74, 6) is 0.594. The number of hydrogen-bond donors (Lipinski definition) is 1. The largest absolute Gasteiger partial charge is 0.379 e. The van der Waals surface area contributed by atoms with Crippen LogP contribution in [-0.2, 0) is 11.3 Å². The van der Waals surface area contributed by atoms with Crippen LogP contribution in [0.3, 0.4) is 0 Å². The Morgan fingerprint density at radius 2 is 2.17 bits per heavy atom. The van der Waals surface area contributed by atoms with E-state index in [1.165, 1.54) is 5.56 Å². The number of nitrogens with zero attached hydrogens (tertiary/aromatic N) is 2. The van der Waals surface area contributed by atoms with Gasteiger partial charge in [0.2, 0.25) is 0 Å². The van der Waals surface area contributed by atoms with Gasteiger partial charge in [-0.1, -0.05) is 6.92 Å². The summed E-state index contributed by atoms with van der Waals surface area (Å²) in [6.45, 7) is 6.92. The van der Waals surface area contributed by atoms with Gasteiger partial charge in [-0.05, 0) is 31.3 Å². The Balaban J connectivity index is 1.81. The fourth-order valence-corrected chi connectivity index (χ4v) is 2.53. The van der Waals surface area contributed by atoms with Gasteiger partial charge in [0.05, 0.1) is 13.2 Å². The lowest BCUT2D eigenvalue weighted by atomic mass is 10.0. The lowest BCUT2D eigenvalue weighted by Crippen LogP contribution is -2.40. The van der Waals surface area contributed by atoms with Gasteiger partial charge in [-0.25, -0.2) is 0 Å². The molecule has 0 radical (unpaired) electrons. The minimum absolute atomic E-state index is 0.509. The smallest absolute Gasteiger partial charge is 0.0623 e. The lowest BCUT2D eigenvalue weighted by Gasteiger charge is -2.24. The van der Waals surface area contributed by atoms with Crippen molar-refractivity contribution in [1.82, 2.24) is 15.2 Å². The molecule has 0 bridgehead atoms. The van der Waals surface area contributed by atoms with Gasteiger partial charge in [-0.15, -0.1) is 0 Å². The molecular weight excluding hydrogens is 226 g/mol. The summed E-state index contributed by atoms with van der Waals surface area (Å²) in [7, 11) is 2.17. The molecule has 100 valence electrons. The van der Waals surface area contributed by atoms with Crippen LogP contribution in [0.5, 0.6) is 0 Å². The van der Waals surface area contributed by atoms with Crippen molar-refractivity contribution >= 4 is 0 Å². The van der Waals surface area contributed by atoms with Crippen LogP contribution in [-0.4, -0.2) is 49.3 Å². The third kappa shape index (κ3) is 3.77. The van der Waals surface area contributed by atoms with Crippen LogP contribution in [0, 0.1) is 5.92 Å². The average Bonchev–Trinajstić information content (AvgIpc) is 2.78. The molecule has 1 aliphatic rings. The molecule has 1 aliphatic heterocycles. The van der Waals surface area contributed by atoms with Gasteiger partial charge in [0, 0.05) is 37.4 Å². The quantitative estimate of drug-likeness (QED) is 0.820. The first-order valence-corrected chi connectivity index (χ1v) is 6.68. The van der Waals surface area contributed by atoms with Gasteiger partial charge in [0.1, 0.15) is 0 Å². The van der Waals surface area contributed by atoms with Crippen LogP contribution in [0.2, 0.25) is 0 Å². The Kier molecular flexibility index (Phi) is 5.11. The van der Waals surface area contributed by atoms with Crippen molar-refractivity contribution in [2.24, 2.45) is 5.92 Å². The first kappa shape index (κ1) is 13.5. The predicted octanol–water partition coefficient (Wildman–Crippen LogP) is 1.14. The summed E-state index contributed by atoms with van der Waals surface area (Å²) in [5.41, 5.74) is 1.31. The summed E-state index contributed by atoms with van der Waals surface area (Å²) in [4.78, 5) is 6.40. The Morgan fingerprint density at radius 1 is 1.39 bits per heavy atom. The van der Waals surface area contributed by atoms with Gasteiger partial charge in [0.15, 0.2) is 0 Å². The molecule has 2 unspecified atom stereocenters. The number of aromatic nitrogens is 1. The van der Waals surface area contributed by atoms with Crippen LogP contribution in [0.15, 0.2) is 24.5 Å². The van der Waals surface area contributed by atoms with Crippen LogP contribution in [0.4, 0.5) is 0 Å². The Morgan fingerprint density at radius 3 is 2.89 bits per heavy atom. The zero-order valence-electron chi connectivity index (χ0n) is 11.3. The minimum atomic E-state index is 0.509. The molecule has 1 aromatic heterocycles. The Hall–Kier alpha value is -0.970. The van der Waals surface area contributed by atoms with Gasteiger partial charge in [0.25, 0.3) is 0 Å². The molecule has 0 saturated carbocycles. The van der Waals surface area contributed by atoms with Crippen LogP contribution < -0.4 is 5.32 Å². The molecule has 4 nitrogen and oxygen atoms in total. The highest BCUT2D eigenvalue weighted by Crippen LogP contribution is 2.15. The lowest BCUT2D eigenvalue weighted by molar-refractivity contribution is 0.172. The molecule has 1 aromatic rings. The fourth-order valence-electron chi connectivity index (χ4n) is 2.53. The molecule has 18 heavy (non-hydrogen) atoms. The van der Waals surface area contributed by atoms with E-state index < -0.39 is 0 Å². The third-order valence-electron chi connectivity index (χ3n) is 3.41.